The zero-order valence-electron chi connectivity index (χ0n) is 12.9. The molecular formula is C16H15ClN4O3. The van der Waals surface area contributed by atoms with Crippen molar-refractivity contribution in [2.45, 2.75) is 6.54 Å². The highest BCUT2D eigenvalue weighted by atomic mass is 35.5. The summed E-state index contributed by atoms with van der Waals surface area (Å²) in [5, 5.41) is 8.14. The second-order valence-electron chi connectivity index (χ2n) is 4.87. The van der Waals surface area contributed by atoms with Crippen LogP contribution in [0.2, 0.25) is 5.02 Å². The number of aromatic nitrogens is 4. The minimum atomic E-state index is -0.374. The third kappa shape index (κ3) is 3.41. The minimum absolute atomic E-state index is 0.273. The summed E-state index contributed by atoms with van der Waals surface area (Å²) >= 11 is 6.08. The predicted octanol–water partition coefficient (Wildman–Crippen LogP) is 2.17. The molecule has 0 spiro atoms. The second-order valence-corrected chi connectivity index (χ2v) is 5.28. The van der Waals surface area contributed by atoms with Gasteiger partial charge in [0.15, 0.2) is 0 Å². The molecule has 0 atom stereocenters. The highest BCUT2D eigenvalue weighted by Crippen LogP contribution is 2.17. The smallest absolute Gasteiger partial charge is 0.368 e. The van der Waals surface area contributed by atoms with Crippen LogP contribution in [0.1, 0.15) is 0 Å². The van der Waals surface area contributed by atoms with E-state index in [1.807, 2.05) is 0 Å². The van der Waals surface area contributed by atoms with E-state index in [1.165, 1.54) is 4.68 Å². The number of benzene rings is 2. The summed E-state index contributed by atoms with van der Waals surface area (Å²) < 4.78 is 13.1. The van der Waals surface area contributed by atoms with Crippen molar-refractivity contribution in [3.8, 4) is 17.2 Å². The van der Waals surface area contributed by atoms with Gasteiger partial charge in [-0.1, -0.05) is 23.7 Å². The summed E-state index contributed by atoms with van der Waals surface area (Å²) in [6.45, 7) is 0.558. The van der Waals surface area contributed by atoms with Crippen LogP contribution in [0.15, 0.2) is 53.3 Å². The third-order valence-electron chi connectivity index (χ3n) is 3.35. The molecule has 0 N–H and O–H groups in total. The molecule has 0 unspecified atom stereocenters. The van der Waals surface area contributed by atoms with E-state index in [0.29, 0.717) is 16.5 Å². The first-order chi connectivity index (χ1) is 11.7. The molecule has 0 aliphatic rings. The van der Waals surface area contributed by atoms with Crippen LogP contribution in [0, 0.1) is 0 Å². The van der Waals surface area contributed by atoms with Gasteiger partial charge in [0.05, 0.1) is 24.4 Å². The van der Waals surface area contributed by atoms with Gasteiger partial charge in [0, 0.05) is 0 Å². The Balaban J connectivity index is 1.66. The quantitative estimate of drug-likeness (QED) is 0.684. The van der Waals surface area contributed by atoms with Gasteiger partial charge in [0.1, 0.15) is 18.1 Å². The molecule has 7 nitrogen and oxygen atoms in total. The number of para-hydroxylation sites is 1. The van der Waals surface area contributed by atoms with Gasteiger partial charge in [-0.05, 0) is 46.8 Å². The zero-order valence-corrected chi connectivity index (χ0v) is 13.7. The lowest BCUT2D eigenvalue weighted by atomic mass is 10.3. The molecule has 0 fully saturated rings. The Morgan fingerprint density at radius 1 is 1.04 bits per heavy atom. The van der Waals surface area contributed by atoms with Gasteiger partial charge in [-0.25, -0.2) is 4.79 Å². The maximum atomic E-state index is 12.3. The number of halogens is 1. The predicted molar refractivity (Wildman–Crippen MR) is 89.1 cm³/mol. The van der Waals surface area contributed by atoms with Gasteiger partial charge < -0.3 is 9.47 Å². The summed E-state index contributed by atoms with van der Waals surface area (Å²) in [4.78, 5) is 12.3. The molecule has 0 saturated heterocycles. The van der Waals surface area contributed by atoms with Crippen molar-refractivity contribution < 1.29 is 9.47 Å². The Kier molecular flexibility index (Phi) is 4.81. The molecule has 3 aromatic rings. The summed E-state index contributed by atoms with van der Waals surface area (Å²) in [5.41, 5.74) is 0.118. The molecule has 8 heteroatoms. The lowest BCUT2D eigenvalue weighted by Gasteiger charge is -2.06. The molecule has 1 heterocycles. The van der Waals surface area contributed by atoms with Crippen LogP contribution < -0.4 is 15.2 Å². The van der Waals surface area contributed by atoms with Gasteiger partial charge in [-0.3, -0.25) is 0 Å². The van der Waals surface area contributed by atoms with E-state index in [9.17, 15) is 4.79 Å². The number of nitrogens with zero attached hydrogens (tertiary/aromatic N) is 4. The van der Waals surface area contributed by atoms with Crippen molar-refractivity contribution in [3.05, 3.63) is 64.0 Å². The first-order valence-corrected chi connectivity index (χ1v) is 7.61. The van der Waals surface area contributed by atoms with Crippen molar-refractivity contribution in [1.29, 1.82) is 0 Å². The first kappa shape index (κ1) is 16.1. The normalized spacial score (nSPS) is 10.6. The van der Waals surface area contributed by atoms with E-state index in [1.54, 1.807) is 55.6 Å². The van der Waals surface area contributed by atoms with Gasteiger partial charge in [-0.15, -0.1) is 0 Å². The lowest BCUT2D eigenvalue weighted by Crippen LogP contribution is -2.26. The first-order valence-electron chi connectivity index (χ1n) is 7.23. The lowest BCUT2D eigenvalue weighted by molar-refractivity contribution is 0.287. The van der Waals surface area contributed by atoms with E-state index in [-0.39, 0.29) is 18.8 Å². The Morgan fingerprint density at radius 2 is 1.75 bits per heavy atom. The van der Waals surface area contributed by atoms with Crippen molar-refractivity contribution in [2.75, 3.05) is 13.7 Å². The fourth-order valence-corrected chi connectivity index (χ4v) is 2.33. The Morgan fingerprint density at radius 3 is 2.46 bits per heavy atom. The molecular weight excluding hydrogens is 332 g/mol. The average molecular weight is 347 g/mol. The van der Waals surface area contributed by atoms with E-state index in [0.717, 1.165) is 10.4 Å². The van der Waals surface area contributed by atoms with Gasteiger partial charge >= 0.3 is 5.69 Å². The molecule has 0 amide bonds. The second kappa shape index (κ2) is 7.18. The summed E-state index contributed by atoms with van der Waals surface area (Å²) in [5.74, 6) is 1.43. The maximum absolute atomic E-state index is 12.3. The highest BCUT2D eigenvalue weighted by Gasteiger charge is 2.11. The van der Waals surface area contributed by atoms with E-state index >= 15 is 0 Å². The molecule has 3 rings (SSSR count). The van der Waals surface area contributed by atoms with Crippen LogP contribution in [0.25, 0.3) is 5.69 Å². The standard InChI is InChI=1S/C16H15ClN4O3/c1-23-12-6-8-13(9-7-12)24-11-10-20-16(22)21(19-18-20)15-5-3-2-4-14(15)17/h2-9H,10-11H2,1H3. The van der Waals surface area contributed by atoms with Crippen LogP contribution in [0.4, 0.5) is 0 Å². The topological polar surface area (TPSA) is 71.2 Å². The largest absolute Gasteiger partial charge is 0.497 e. The average Bonchev–Trinajstić information content (AvgIpc) is 2.97. The van der Waals surface area contributed by atoms with E-state index < -0.39 is 0 Å². The Bertz CT molecular complexity index is 874. The van der Waals surface area contributed by atoms with Crippen LogP contribution in [-0.4, -0.2) is 33.5 Å². The van der Waals surface area contributed by atoms with Crippen molar-refractivity contribution in [2.24, 2.45) is 0 Å². The summed E-state index contributed by atoms with van der Waals surface area (Å²) in [7, 11) is 1.60. The number of ether oxygens (including phenoxy) is 2. The highest BCUT2D eigenvalue weighted by molar-refractivity contribution is 6.32. The fourth-order valence-electron chi connectivity index (χ4n) is 2.11. The molecule has 0 saturated carbocycles. The number of hydrogen-bond donors (Lipinski definition) is 0. The SMILES string of the molecule is COc1ccc(OCCn2nnn(-c3ccccc3Cl)c2=O)cc1. The monoisotopic (exact) mass is 346 g/mol. The van der Waals surface area contributed by atoms with Gasteiger partial charge in [-0.2, -0.15) is 9.36 Å². The van der Waals surface area contributed by atoms with Crippen LogP contribution in [-0.2, 0) is 6.54 Å². The fraction of sp³-hybridized carbons (Fsp3) is 0.188. The van der Waals surface area contributed by atoms with Gasteiger partial charge in [0.25, 0.3) is 0 Å². The summed E-state index contributed by atoms with van der Waals surface area (Å²) in [6.07, 6.45) is 0. The number of rotatable bonds is 6. The van der Waals surface area contributed by atoms with Crippen LogP contribution in [0.3, 0.4) is 0 Å². The Labute approximate surface area is 143 Å². The van der Waals surface area contributed by atoms with Crippen LogP contribution >= 0.6 is 11.6 Å². The maximum Gasteiger partial charge on any atom is 0.368 e. The van der Waals surface area contributed by atoms with Crippen molar-refractivity contribution >= 4 is 11.6 Å². The molecule has 1 aromatic heterocycles. The molecule has 0 aliphatic heterocycles. The summed E-state index contributed by atoms with van der Waals surface area (Å²) in [6, 6.07) is 14.1. The van der Waals surface area contributed by atoms with Crippen molar-refractivity contribution in [1.82, 2.24) is 19.8 Å². The van der Waals surface area contributed by atoms with E-state index in [4.69, 9.17) is 21.1 Å². The number of methoxy groups -OCH3 is 1. The number of hydrogen-bond acceptors (Lipinski definition) is 5. The number of tetrazole rings is 1. The molecule has 0 bridgehead atoms. The molecule has 0 aliphatic carbocycles. The van der Waals surface area contributed by atoms with E-state index in [2.05, 4.69) is 10.4 Å². The molecule has 124 valence electrons. The minimum Gasteiger partial charge on any atom is -0.497 e. The molecule has 2 aromatic carbocycles. The van der Waals surface area contributed by atoms with Crippen molar-refractivity contribution in [3.63, 3.8) is 0 Å². The van der Waals surface area contributed by atoms with Gasteiger partial charge in [0.2, 0.25) is 0 Å². The molecule has 0 radical (unpaired) electrons. The zero-order chi connectivity index (χ0) is 16.9. The third-order valence-corrected chi connectivity index (χ3v) is 3.67. The molecule has 24 heavy (non-hydrogen) atoms. The van der Waals surface area contributed by atoms with Crippen LogP contribution in [0.5, 0.6) is 11.5 Å². The Hall–Kier alpha value is -2.80.